The largest absolute Gasteiger partial charge is 0.496 e. The third-order valence-corrected chi connectivity index (χ3v) is 2.80. The van der Waals surface area contributed by atoms with E-state index in [2.05, 4.69) is 5.32 Å². The number of ether oxygens (including phenoxy) is 1. The molecule has 16 heavy (non-hydrogen) atoms. The van der Waals surface area contributed by atoms with E-state index in [4.69, 9.17) is 4.74 Å². The highest BCUT2D eigenvalue weighted by Crippen LogP contribution is 2.23. The van der Waals surface area contributed by atoms with E-state index in [1.165, 1.54) is 25.3 Å². The second kappa shape index (κ2) is 4.61. The van der Waals surface area contributed by atoms with E-state index in [-0.39, 0.29) is 5.78 Å². The standard InChI is InChI=1S/C12H14FNO2/c1-16-12-3-2-9(13)5-10(12)11(15)4-8-6-14-7-8/h2-3,5,8,14H,4,6-7H2,1H3. The topological polar surface area (TPSA) is 38.3 Å². The first-order valence-corrected chi connectivity index (χ1v) is 5.28. The zero-order chi connectivity index (χ0) is 11.5. The average molecular weight is 223 g/mol. The Bertz CT molecular complexity index is 402. The predicted octanol–water partition coefficient (Wildman–Crippen LogP) is 1.63. The van der Waals surface area contributed by atoms with E-state index in [0.717, 1.165) is 13.1 Å². The lowest BCUT2D eigenvalue weighted by molar-refractivity contribution is 0.0942. The van der Waals surface area contributed by atoms with Gasteiger partial charge in [0.15, 0.2) is 5.78 Å². The van der Waals surface area contributed by atoms with Crippen molar-refractivity contribution in [1.29, 1.82) is 0 Å². The summed E-state index contributed by atoms with van der Waals surface area (Å²) in [6.45, 7) is 1.73. The molecule has 4 heteroatoms. The van der Waals surface area contributed by atoms with Crippen LogP contribution in [0.1, 0.15) is 16.8 Å². The lowest BCUT2D eigenvalue weighted by atomic mass is 9.93. The van der Waals surface area contributed by atoms with Crippen LogP contribution < -0.4 is 10.1 Å². The molecule has 1 fully saturated rings. The van der Waals surface area contributed by atoms with Gasteiger partial charge < -0.3 is 10.1 Å². The van der Waals surface area contributed by atoms with Crippen molar-refractivity contribution < 1.29 is 13.9 Å². The van der Waals surface area contributed by atoms with Crippen LogP contribution in [-0.4, -0.2) is 26.0 Å². The molecule has 0 spiro atoms. The van der Waals surface area contributed by atoms with Crippen molar-refractivity contribution in [3.63, 3.8) is 0 Å². The van der Waals surface area contributed by atoms with Crippen molar-refractivity contribution in [2.24, 2.45) is 5.92 Å². The number of ketones is 1. The van der Waals surface area contributed by atoms with Gasteiger partial charge in [0, 0.05) is 6.42 Å². The Labute approximate surface area is 93.6 Å². The van der Waals surface area contributed by atoms with Crippen LogP contribution in [0.2, 0.25) is 0 Å². The van der Waals surface area contributed by atoms with Crippen LogP contribution in [0.5, 0.6) is 5.75 Å². The van der Waals surface area contributed by atoms with Crippen LogP contribution in [0.25, 0.3) is 0 Å². The molecule has 1 N–H and O–H groups in total. The van der Waals surface area contributed by atoms with E-state index in [9.17, 15) is 9.18 Å². The maximum absolute atomic E-state index is 13.1. The van der Waals surface area contributed by atoms with Crippen LogP contribution in [-0.2, 0) is 0 Å². The Morgan fingerprint density at radius 1 is 1.56 bits per heavy atom. The van der Waals surface area contributed by atoms with E-state index >= 15 is 0 Å². The molecular formula is C12H14FNO2. The Hall–Kier alpha value is -1.42. The number of rotatable bonds is 4. The smallest absolute Gasteiger partial charge is 0.167 e. The SMILES string of the molecule is COc1ccc(F)cc1C(=O)CC1CNC1. The highest BCUT2D eigenvalue weighted by molar-refractivity contribution is 5.98. The molecule has 0 radical (unpaired) electrons. The van der Waals surface area contributed by atoms with E-state index in [1.807, 2.05) is 0 Å². The van der Waals surface area contributed by atoms with Gasteiger partial charge >= 0.3 is 0 Å². The number of Topliss-reactive ketones (excluding diaryl/α,β-unsaturated/α-hetero) is 1. The third kappa shape index (κ3) is 2.22. The van der Waals surface area contributed by atoms with Gasteiger partial charge in [-0.2, -0.15) is 0 Å². The number of hydrogen-bond acceptors (Lipinski definition) is 3. The molecule has 3 nitrogen and oxygen atoms in total. The summed E-state index contributed by atoms with van der Waals surface area (Å²) < 4.78 is 18.1. The minimum absolute atomic E-state index is 0.0529. The second-order valence-corrected chi connectivity index (χ2v) is 4.00. The van der Waals surface area contributed by atoms with Crippen molar-refractivity contribution >= 4 is 5.78 Å². The maximum Gasteiger partial charge on any atom is 0.167 e. The number of hydrogen-bond donors (Lipinski definition) is 1. The summed E-state index contributed by atoms with van der Waals surface area (Å²) in [7, 11) is 1.48. The van der Waals surface area contributed by atoms with Gasteiger partial charge in [-0.1, -0.05) is 0 Å². The second-order valence-electron chi connectivity index (χ2n) is 4.00. The number of halogens is 1. The van der Waals surface area contributed by atoms with Crippen LogP contribution >= 0.6 is 0 Å². The van der Waals surface area contributed by atoms with E-state index < -0.39 is 5.82 Å². The number of nitrogens with one attached hydrogen (secondary N) is 1. The van der Waals surface area contributed by atoms with Gasteiger partial charge in [-0.25, -0.2) is 4.39 Å². The first-order chi connectivity index (χ1) is 7.70. The molecule has 0 aliphatic carbocycles. The average Bonchev–Trinajstić information content (AvgIpc) is 2.23. The third-order valence-electron chi connectivity index (χ3n) is 2.80. The molecule has 1 aromatic rings. The summed E-state index contributed by atoms with van der Waals surface area (Å²) in [5.74, 6) is 0.359. The fraction of sp³-hybridized carbons (Fsp3) is 0.417. The summed E-state index contributed by atoms with van der Waals surface area (Å²) in [6.07, 6.45) is 0.451. The van der Waals surface area contributed by atoms with Gasteiger partial charge in [-0.15, -0.1) is 0 Å². The fourth-order valence-corrected chi connectivity index (χ4v) is 1.76. The molecule has 2 rings (SSSR count). The van der Waals surface area contributed by atoms with Crippen molar-refractivity contribution in [2.75, 3.05) is 20.2 Å². The van der Waals surface area contributed by atoms with Crippen LogP contribution in [0.3, 0.4) is 0 Å². The monoisotopic (exact) mass is 223 g/mol. The Balaban J connectivity index is 2.16. The predicted molar refractivity (Wildman–Crippen MR) is 58.3 cm³/mol. The molecule has 0 saturated carbocycles. The number of carbonyl (C=O) groups is 1. The van der Waals surface area contributed by atoms with Crippen molar-refractivity contribution in [2.45, 2.75) is 6.42 Å². The molecule has 86 valence electrons. The first kappa shape index (κ1) is 11.1. The zero-order valence-electron chi connectivity index (χ0n) is 9.13. The number of carbonyl (C=O) groups excluding carboxylic acids is 1. The lowest BCUT2D eigenvalue weighted by Crippen LogP contribution is -2.42. The normalized spacial score (nSPS) is 15.6. The maximum atomic E-state index is 13.1. The number of benzene rings is 1. The summed E-state index contributed by atoms with van der Waals surface area (Å²) >= 11 is 0. The molecule has 1 saturated heterocycles. The summed E-state index contributed by atoms with van der Waals surface area (Å²) in [5, 5.41) is 3.10. The molecule has 0 amide bonds. The van der Waals surface area contributed by atoms with Crippen molar-refractivity contribution in [1.82, 2.24) is 5.32 Å². The minimum atomic E-state index is -0.407. The summed E-state index contributed by atoms with van der Waals surface area (Å²) in [5.41, 5.74) is 0.342. The molecule has 1 aliphatic rings. The van der Waals surface area contributed by atoms with Gasteiger partial charge in [-0.05, 0) is 37.2 Å². The molecule has 0 aromatic heterocycles. The Morgan fingerprint density at radius 3 is 2.88 bits per heavy atom. The van der Waals surface area contributed by atoms with E-state index in [1.54, 1.807) is 0 Å². The van der Waals surface area contributed by atoms with Gasteiger partial charge in [-0.3, -0.25) is 4.79 Å². The fourth-order valence-electron chi connectivity index (χ4n) is 1.76. The van der Waals surface area contributed by atoms with Crippen LogP contribution in [0.4, 0.5) is 4.39 Å². The highest BCUT2D eigenvalue weighted by Gasteiger charge is 2.22. The summed E-state index contributed by atoms with van der Waals surface area (Å²) in [6, 6.07) is 4.02. The molecule has 0 bridgehead atoms. The molecule has 1 aromatic carbocycles. The zero-order valence-corrected chi connectivity index (χ0v) is 9.13. The van der Waals surface area contributed by atoms with Gasteiger partial charge in [0.25, 0.3) is 0 Å². The molecule has 1 aliphatic heterocycles. The quantitative estimate of drug-likeness (QED) is 0.788. The van der Waals surface area contributed by atoms with E-state index in [0.29, 0.717) is 23.7 Å². The van der Waals surface area contributed by atoms with Crippen molar-refractivity contribution in [3.8, 4) is 5.75 Å². The lowest BCUT2D eigenvalue weighted by Gasteiger charge is -2.26. The van der Waals surface area contributed by atoms with Gasteiger partial charge in [0.2, 0.25) is 0 Å². The highest BCUT2D eigenvalue weighted by atomic mass is 19.1. The minimum Gasteiger partial charge on any atom is -0.496 e. The molecule has 0 unspecified atom stereocenters. The molecular weight excluding hydrogens is 209 g/mol. The summed E-state index contributed by atoms with van der Waals surface area (Å²) in [4.78, 5) is 11.9. The first-order valence-electron chi connectivity index (χ1n) is 5.28. The van der Waals surface area contributed by atoms with Crippen molar-refractivity contribution in [3.05, 3.63) is 29.6 Å². The van der Waals surface area contributed by atoms with Crippen LogP contribution in [0.15, 0.2) is 18.2 Å². The Morgan fingerprint density at radius 2 is 2.31 bits per heavy atom. The van der Waals surface area contributed by atoms with Gasteiger partial charge in [0.1, 0.15) is 11.6 Å². The number of methoxy groups -OCH3 is 1. The Kier molecular flexibility index (Phi) is 3.19. The van der Waals surface area contributed by atoms with Crippen LogP contribution in [0, 0.1) is 11.7 Å². The molecule has 1 heterocycles. The van der Waals surface area contributed by atoms with Gasteiger partial charge in [0.05, 0.1) is 12.7 Å². The molecule has 0 atom stereocenters.